The van der Waals surface area contributed by atoms with Gasteiger partial charge in [0.1, 0.15) is 12.2 Å². The van der Waals surface area contributed by atoms with Gasteiger partial charge in [0.15, 0.2) is 16.7 Å². The van der Waals surface area contributed by atoms with Gasteiger partial charge in [0.05, 0.1) is 0 Å². The molecular weight excluding hydrogens is 312 g/mol. The van der Waals surface area contributed by atoms with Crippen LogP contribution in [-0.4, -0.2) is 14.5 Å². The number of rotatable bonds is 1. The number of hydrogen-bond acceptors (Lipinski definition) is 3. The van der Waals surface area contributed by atoms with E-state index in [0.29, 0.717) is 0 Å². The van der Waals surface area contributed by atoms with Crippen molar-refractivity contribution in [3.63, 3.8) is 0 Å². The van der Waals surface area contributed by atoms with E-state index in [1.165, 1.54) is 5.56 Å². The zero-order valence-electron chi connectivity index (χ0n) is 13.3. The maximum atomic E-state index is 6.27. The Kier molecular flexibility index (Phi) is 2.34. The molecule has 0 amide bonds. The Morgan fingerprint density at radius 3 is 2.68 bits per heavy atom. The van der Waals surface area contributed by atoms with Crippen molar-refractivity contribution in [2.24, 2.45) is 0 Å². The molecule has 5 nitrogen and oxygen atoms in total. The quantitative estimate of drug-likeness (QED) is 0.435. The van der Waals surface area contributed by atoms with Crippen LogP contribution in [0.4, 0.5) is 0 Å². The van der Waals surface area contributed by atoms with Crippen molar-refractivity contribution in [1.29, 1.82) is 0 Å². The predicted molar refractivity (Wildman–Crippen MR) is 93.4 cm³/mol. The third-order valence-electron chi connectivity index (χ3n) is 4.79. The van der Waals surface area contributed by atoms with Crippen molar-refractivity contribution in [3.8, 4) is 17.3 Å². The van der Waals surface area contributed by atoms with Crippen LogP contribution in [0.1, 0.15) is 5.56 Å². The molecule has 0 N–H and O–H groups in total. The summed E-state index contributed by atoms with van der Waals surface area (Å²) < 4.78 is 10.7. The Morgan fingerprint density at radius 1 is 0.920 bits per heavy atom. The maximum Gasteiger partial charge on any atom is 0.336 e. The lowest BCUT2D eigenvalue weighted by Crippen LogP contribution is -2.32. The molecule has 1 aliphatic heterocycles. The van der Waals surface area contributed by atoms with Gasteiger partial charge in [0, 0.05) is 18.0 Å². The fourth-order valence-electron chi connectivity index (χ4n) is 3.75. The summed E-state index contributed by atoms with van der Waals surface area (Å²) in [7, 11) is 0. The fraction of sp³-hybridized carbons (Fsp3) is 0.0500. The number of pyridine rings is 2. The van der Waals surface area contributed by atoms with E-state index in [1.54, 1.807) is 0 Å². The molecule has 0 bridgehead atoms. The number of benzene rings is 1. The van der Waals surface area contributed by atoms with Crippen LogP contribution in [0.5, 0.6) is 0 Å². The monoisotopic (exact) mass is 325 g/mol. The van der Waals surface area contributed by atoms with Gasteiger partial charge >= 0.3 is 11.5 Å². The molecule has 0 saturated heterocycles. The van der Waals surface area contributed by atoms with Crippen LogP contribution in [0, 0.1) is 0 Å². The molecular formula is C20H13N4O+. The van der Waals surface area contributed by atoms with Crippen molar-refractivity contribution < 1.29 is 8.98 Å². The number of hydrogen-bond donors (Lipinski definition) is 0. The molecule has 4 aromatic heterocycles. The predicted octanol–water partition coefficient (Wildman–Crippen LogP) is 3.48. The lowest BCUT2D eigenvalue weighted by atomic mass is 10.2. The molecule has 0 atom stereocenters. The van der Waals surface area contributed by atoms with E-state index < -0.39 is 0 Å². The number of nitrogens with zero attached hydrogens (tertiary/aromatic N) is 4. The van der Waals surface area contributed by atoms with Crippen molar-refractivity contribution in [2.45, 2.75) is 6.54 Å². The molecule has 118 valence electrons. The zero-order valence-corrected chi connectivity index (χ0v) is 13.3. The first-order valence-corrected chi connectivity index (χ1v) is 8.23. The van der Waals surface area contributed by atoms with Crippen molar-refractivity contribution in [1.82, 2.24) is 14.5 Å². The second kappa shape index (κ2) is 4.54. The van der Waals surface area contributed by atoms with Crippen LogP contribution in [0.3, 0.4) is 0 Å². The number of oxazole rings is 1. The minimum absolute atomic E-state index is 0.759. The van der Waals surface area contributed by atoms with E-state index in [0.717, 1.165) is 46.1 Å². The van der Waals surface area contributed by atoms with Gasteiger partial charge in [-0.25, -0.2) is 9.97 Å². The van der Waals surface area contributed by atoms with Gasteiger partial charge in [0.2, 0.25) is 0 Å². The molecule has 6 rings (SSSR count). The number of aromatic nitrogens is 4. The Morgan fingerprint density at radius 2 is 1.76 bits per heavy atom. The average molecular weight is 325 g/mol. The van der Waals surface area contributed by atoms with Crippen molar-refractivity contribution in [3.05, 3.63) is 72.6 Å². The SMILES string of the molecule is c1ccc(-n2c3cccnc3c3oc4[n+](c32)Cc2cccnc2-4)cc1. The first kappa shape index (κ1) is 12.9. The average Bonchev–Trinajstić information content (AvgIpc) is 3.30. The number of fused-ring (bicyclic) bond motifs is 7. The zero-order chi connectivity index (χ0) is 16.4. The maximum absolute atomic E-state index is 6.27. The number of para-hydroxylation sites is 1. The smallest absolute Gasteiger partial charge is 0.336 e. The lowest BCUT2D eigenvalue weighted by Gasteiger charge is -1.99. The molecule has 5 heteroatoms. The van der Waals surface area contributed by atoms with Crippen LogP contribution in [-0.2, 0) is 6.54 Å². The summed E-state index contributed by atoms with van der Waals surface area (Å²) in [6.45, 7) is 0.759. The second-order valence-electron chi connectivity index (χ2n) is 6.20. The van der Waals surface area contributed by atoms with Crippen LogP contribution >= 0.6 is 0 Å². The van der Waals surface area contributed by atoms with E-state index in [4.69, 9.17) is 4.42 Å². The first-order valence-electron chi connectivity index (χ1n) is 8.23. The molecule has 0 aliphatic carbocycles. The molecule has 0 fully saturated rings. The van der Waals surface area contributed by atoms with E-state index >= 15 is 0 Å². The molecule has 0 unspecified atom stereocenters. The van der Waals surface area contributed by atoms with Crippen LogP contribution < -0.4 is 4.57 Å². The Balaban J connectivity index is 1.79. The Bertz CT molecular complexity index is 1270. The largest absolute Gasteiger partial charge is 0.410 e. The van der Waals surface area contributed by atoms with E-state index in [-0.39, 0.29) is 0 Å². The molecule has 0 spiro atoms. The summed E-state index contributed by atoms with van der Waals surface area (Å²) in [4.78, 5) is 9.09. The fourth-order valence-corrected chi connectivity index (χ4v) is 3.75. The molecule has 5 aromatic rings. The molecule has 25 heavy (non-hydrogen) atoms. The highest BCUT2D eigenvalue weighted by Crippen LogP contribution is 2.35. The summed E-state index contributed by atoms with van der Waals surface area (Å²) in [6, 6.07) is 18.4. The van der Waals surface area contributed by atoms with E-state index in [9.17, 15) is 0 Å². The third kappa shape index (κ3) is 1.59. The summed E-state index contributed by atoms with van der Waals surface area (Å²) in [6.07, 6.45) is 3.62. The molecule has 0 saturated carbocycles. The summed E-state index contributed by atoms with van der Waals surface area (Å²) in [5.74, 6) is 0.804. The van der Waals surface area contributed by atoms with Crippen LogP contribution in [0.2, 0.25) is 0 Å². The Hall–Kier alpha value is -3.47. The van der Waals surface area contributed by atoms with Gasteiger partial charge in [0.25, 0.3) is 5.58 Å². The van der Waals surface area contributed by atoms with Gasteiger partial charge in [-0.05, 0) is 30.3 Å². The van der Waals surface area contributed by atoms with Crippen LogP contribution in [0.25, 0.3) is 39.5 Å². The highest BCUT2D eigenvalue weighted by atomic mass is 16.4. The minimum atomic E-state index is 0.759. The van der Waals surface area contributed by atoms with Crippen molar-refractivity contribution in [2.75, 3.05) is 0 Å². The van der Waals surface area contributed by atoms with Gasteiger partial charge in [-0.15, -0.1) is 0 Å². The summed E-state index contributed by atoms with van der Waals surface area (Å²) >= 11 is 0. The molecule has 1 aromatic carbocycles. The highest BCUT2D eigenvalue weighted by molar-refractivity contribution is 6.01. The van der Waals surface area contributed by atoms with Crippen molar-refractivity contribution >= 4 is 22.3 Å². The molecule has 5 heterocycles. The minimum Gasteiger partial charge on any atom is -0.410 e. The molecule has 1 aliphatic rings. The topological polar surface area (TPSA) is 47.7 Å². The second-order valence-corrected chi connectivity index (χ2v) is 6.20. The lowest BCUT2D eigenvalue weighted by molar-refractivity contribution is -0.651. The summed E-state index contributed by atoms with van der Waals surface area (Å²) in [5.41, 5.74) is 6.94. The Labute approximate surface area is 142 Å². The third-order valence-corrected chi connectivity index (χ3v) is 4.79. The molecule has 0 radical (unpaired) electrons. The van der Waals surface area contributed by atoms with E-state index in [1.807, 2.05) is 42.7 Å². The van der Waals surface area contributed by atoms with Gasteiger partial charge in [-0.1, -0.05) is 24.3 Å². The van der Waals surface area contributed by atoms with E-state index in [2.05, 4.69) is 43.4 Å². The van der Waals surface area contributed by atoms with Gasteiger partial charge in [-0.3, -0.25) is 0 Å². The summed E-state index contributed by atoms with van der Waals surface area (Å²) in [5, 5.41) is 0. The van der Waals surface area contributed by atoms with Crippen LogP contribution in [0.15, 0.2) is 71.4 Å². The highest BCUT2D eigenvalue weighted by Gasteiger charge is 2.36. The van der Waals surface area contributed by atoms with Gasteiger partial charge in [-0.2, -0.15) is 9.13 Å². The standard InChI is InChI=1S/C20H13N4O/c1-2-7-14(8-3-1)24-15-9-5-11-22-17(15)18-19(24)23-12-13-6-4-10-21-16(13)20(23)25-18/h1-11H,12H2/q+1. The first-order chi connectivity index (χ1) is 12.4. The van der Waals surface area contributed by atoms with Gasteiger partial charge < -0.3 is 4.42 Å². The normalized spacial score (nSPS) is 12.6.